The van der Waals surface area contributed by atoms with Crippen LogP contribution in [-0.2, 0) is 11.2 Å². The second-order valence-corrected chi connectivity index (χ2v) is 3.78. The molecule has 2 aromatic rings. The van der Waals surface area contributed by atoms with E-state index in [9.17, 15) is 4.79 Å². The molecule has 5 heteroatoms. The minimum Gasteiger partial charge on any atom is -0.481 e. The molecule has 2 rings (SSSR count). The Morgan fingerprint density at radius 2 is 2.06 bits per heavy atom. The Labute approximate surface area is 97.1 Å². The van der Waals surface area contributed by atoms with Gasteiger partial charge in [0.2, 0.25) is 0 Å². The molecule has 0 unspecified atom stereocenters. The molecule has 0 atom stereocenters. The lowest BCUT2D eigenvalue weighted by Gasteiger charge is -2.02. The molecule has 1 aromatic heterocycles. The molecule has 0 spiro atoms. The third-order valence-electron chi connectivity index (χ3n) is 2.11. The predicted octanol–water partition coefficient (Wildman–Crippen LogP) is 2.15. The van der Waals surface area contributed by atoms with Crippen molar-refractivity contribution in [3.05, 3.63) is 47.2 Å². The maximum Gasteiger partial charge on any atom is 0.307 e. The number of aliphatic carboxylic acids is 1. The Morgan fingerprint density at radius 3 is 2.56 bits per heavy atom. The monoisotopic (exact) mass is 236 g/mol. The van der Waals surface area contributed by atoms with E-state index in [0.29, 0.717) is 5.02 Å². The van der Waals surface area contributed by atoms with E-state index in [4.69, 9.17) is 16.7 Å². The fourth-order valence-corrected chi connectivity index (χ4v) is 1.52. The van der Waals surface area contributed by atoms with Crippen LogP contribution in [0.25, 0.3) is 5.69 Å². The van der Waals surface area contributed by atoms with Gasteiger partial charge in [-0.05, 0) is 17.7 Å². The molecule has 82 valence electrons. The Kier molecular flexibility index (Phi) is 2.92. The van der Waals surface area contributed by atoms with Gasteiger partial charge in [-0.3, -0.25) is 4.79 Å². The van der Waals surface area contributed by atoms with E-state index < -0.39 is 5.97 Å². The van der Waals surface area contributed by atoms with Crippen molar-refractivity contribution >= 4 is 17.6 Å². The number of benzene rings is 1. The molecule has 16 heavy (non-hydrogen) atoms. The van der Waals surface area contributed by atoms with Gasteiger partial charge < -0.3 is 5.11 Å². The van der Waals surface area contributed by atoms with Gasteiger partial charge in [-0.1, -0.05) is 23.7 Å². The molecule has 1 aromatic carbocycles. The molecule has 0 fully saturated rings. The molecule has 0 saturated carbocycles. The van der Waals surface area contributed by atoms with Crippen LogP contribution >= 0.6 is 11.6 Å². The number of hydrogen-bond acceptors (Lipinski definition) is 2. The average Bonchev–Trinajstić information content (AvgIpc) is 2.65. The maximum absolute atomic E-state index is 10.5. The van der Waals surface area contributed by atoms with Crippen molar-refractivity contribution in [3.8, 4) is 5.69 Å². The fraction of sp³-hybridized carbons (Fsp3) is 0.0909. The van der Waals surface area contributed by atoms with Crippen molar-refractivity contribution in [1.82, 2.24) is 9.78 Å². The number of nitrogens with zero attached hydrogens (tertiary/aromatic N) is 2. The van der Waals surface area contributed by atoms with E-state index in [1.54, 1.807) is 29.2 Å². The van der Waals surface area contributed by atoms with Gasteiger partial charge in [0.25, 0.3) is 0 Å². The number of carboxylic acid groups (broad SMARTS) is 1. The zero-order chi connectivity index (χ0) is 11.5. The summed E-state index contributed by atoms with van der Waals surface area (Å²) in [6.07, 6.45) is 3.26. The summed E-state index contributed by atoms with van der Waals surface area (Å²) in [7, 11) is 0. The quantitative estimate of drug-likeness (QED) is 0.889. The summed E-state index contributed by atoms with van der Waals surface area (Å²) in [5.41, 5.74) is 1.61. The molecule has 0 saturated heterocycles. The van der Waals surface area contributed by atoms with Crippen molar-refractivity contribution in [3.63, 3.8) is 0 Å². The number of carbonyl (C=O) groups is 1. The molecule has 1 heterocycles. The number of carboxylic acids is 1. The van der Waals surface area contributed by atoms with Crippen LogP contribution in [0.5, 0.6) is 0 Å². The van der Waals surface area contributed by atoms with E-state index in [2.05, 4.69) is 5.10 Å². The zero-order valence-electron chi connectivity index (χ0n) is 8.30. The minimum atomic E-state index is -0.838. The predicted molar refractivity (Wildman–Crippen MR) is 59.9 cm³/mol. The van der Waals surface area contributed by atoms with Gasteiger partial charge in [0.1, 0.15) is 0 Å². The van der Waals surface area contributed by atoms with Crippen LogP contribution in [0.3, 0.4) is 0 Å². The lowest BCUT2D eigenvalue weighted by Crippen LogP contribution is -2.00. The van der Waals surface area contributed by atoms with Crippen LogP contribution in [0.15, 0.2) is 36.7 Å². The van der Waals surface area contributed by atoms with Crippen LogP contribution in [0.2, 0.25) is 5.02 Å². The standard InChI is InChI=1S/C11H9ClN2O2/c12-9-6-13-14(7-9)10-3-1-8(2-4-10)5-11(15)16/h1-4,6-7H,5H2,(H,15,16). The zero-order valence-corrected chi connectivity index (χ0v) is 9.05. The molecular weight excluding hydrogens is 228 g/mol. The molecular formula is C11H9ClN2O2. The molecule has 0 aliphatic heterocycles. The van der Waals surface area contributed by atoms with E-state index in [1.807, 2.05) is 12.1 Å². The van der Waals surface area contributed by atoms with E-state index in [1.165, 1.54) is 0 Å². The van der Waals surface area contributed by atoms with Crippen molar-refractivity contribution in [2.75, 3.05) is 0 Å². The van der Waals surface area contributed by atoms with E-state index >= 15 is 0 Å². The van der Waals surface area contributed by atoms with Crippen LogP contribution < -0.4 is 0 Å². The lowest BCUT2D eigenvalue weighted by molar-refractivity contribution is -0.136. The Morgan fingerprint density at radius 1 is 1.38 bits per heavy atom. The maximum atomic E-state index is 10.5. The minimum absolute atomic E-state index is 0.0279. The Balaban J connectivity index is 2.22. The number of aromatic nitrogens is 2. The van der Waals surface area contributed by atoms with Crippen LogP contribution in [0.4, 0.5) is 0 Å². The molecule has 0 aliphatic rings. The molecule has 0 bridgehead atoms. The third-order valence-corrected chi connectivity index (χ3v) is 2.30. The molecule has 0 amide bonds. The summed E-state index contributed by atoms with van der Waals surface area (Å²) in [5, 5.41) is 13.2. The highest BCUT2D eigenvalue weighted by molar-refractivity contribution is 6.30. The first-order chi connectivity index (χ1) is 7.65. The van der Waals surface area contributed by atoms with Gasteiger partial charge in [0.15, 0.2) is 0 Å². The van der Waals surface area contributed by atoms with Crippen molar-refractivity contribution in [2.24, 2.45) is 0 Å². The highest BCUT2D eigenvalue weighted by Gasteiger charge is 2.02. The first kappa shape index (κ1) is 10.7. The molecule has 1 N–H and O–H groups in total. The van der Waals surface area contributed by atoms with Gasteiger partial charge in [-0.15, -0.1) is 0 Å². The second-order valence-electron chi connectivity index (χ2n) is 3.34. The molecule has 0 radical (unpaired) electrons. The summed E-state index contributed by atoms with van der Waals surface area (Å²) in [6, 6.07) is 7.14. The summed E-state index contributed by atoms with van der Waals surface area (Å²) >= 11 is 5.75. The van der Waals surface area contributed by atoms with E-state index in [0.717, 1.165) is 11.3 Å². The van der Waals surface area contributed by atoms with Gasteiger partial charge in [0, 0.05) is 6.20 Å². The number of rotatable bonds is 3. The Hall–Kier alpha value is -1.81. The average molecular weight is 237 g/mol. The summed E-state index contributed by atoms with van der Waals surface area (Å²) in [6.45, 7) is 0. The van der Waals surface area contributed by atoms with Crippen molar-refractivity contribution in [2.45, 2.75) is 6.42 Å². The van der Waals surface area contributed by atoms with Crippen LogP contribution in [-0.4, -0.2) is 20.9 Å². The van der Waals surface area contributed by atoms with Crippen LogP contribution in [0.1, 0.15) is 5.56 Å². The summed E-state index contributed by atoms with van der Waals surface area (Å²) in [5.74, 6) is -0.838. The van der Waals surface area contributed by atoms with Crippen molar-refractivity contribution in [1.29, 1.82) is 0 Å². The lowest BCUT2D eigenvalue weighted by atomic mass is 10.1. The normalized spacial score (nSPS) is 10.3. The fourth-order valence-electron chi connectivity index (χ4n) is 1.38. The smallest absolute Gasteiger partial charge is 0.307 e. The van der Waals surface area contributed by atoms with Crippen molar-refractivity contribution < 1.29 is 9.90 Å². The largest absolute Gasteiger partial charge is 0.481 e. The number of hydrogen-bond donors (Lipinski definition) is 1. The topological polar surface area (TPSA) is 55.1 Å². The Bertz CT molecular complexity index is 505. The third kappa shape index (κ3) is 2.41. The first-order valence-corrected chi connectivity index (χ1v) is 5.04. The highest BCUT2D eigenvalue weighted by Crippen LogP contribution is 2.12. The molecule has 0 aliphatic carbocycles. The highest BCUT2D eigenvalue weighted by atomic mass is 35.5. The number of halogens is 1. The first-order valence-electron chi connectivity index (χ1n) is 4.66. The van der Waals surface area contributed by atoms with Gasteiger partial charge in [0.05, 0.1) is 23.3 Å². The van der Waals surface area contributed by atoms with E-state index in [-0.39, 0.29) is 6.42 Å². The summed E-state index contributed by atoms with van der Waals surface area (Å²) < 4.78 is 1.63. The van der Waals surface area contributed by atoms with Gasteiger partial charge in [-0.2, -0.15) is 5.10 Å². The van der Waals surface area contributed by atoms with Crippen LogP contribution in [0, 0.1) is 0 Å². The van der Waals surface area contributed by atoms with Gasteiger partial charge in [-0.25, -0.2) is 4.68 Å². The second kappa shape index (κ2) is 4.37. The van der Waals surface area contributed by atoms with Gasteiger partial charge >= 0.3 is 5.97 Å². The molecule has 4 nitrogen and oxygen atoms in total. The SMILES string of the molecule is O=C(O)Cc1ccc(-n2cc(Cl)cn2)cc1. The summed E-state index contributed by atoms with van der Waals surface area (Å²) in [4.78, 5) is 10.5.